The summed E-state index contributed by atoms with van der Waals surface area (Å²) in [6.45, 7) is 1.40. The highest BCUT2D eigenvalue weighted by atomic mass is 32.1. The smallest absolute Gasteiger partial charge is 0.323 e. The highest BCUT2D eigenvalue weighted by molar-refractivity contribution is 7.17. The van der Waals surface area contributed by atoms with E-state index in [0.717, 1.165) is 22.4 Å². The number of rotatable bonds is 6. The number of aliphatic carboxylic acids is 1. The van der Waals surface area contributed by atoms with Crippen molar-refractivity contribution in [3.8, 4) is 0 Å². The van der Waals surface area contributed by atoms with Gasteiger partial charge >= 0.3 is 5.97 Å². The number of aromatic nitrogens is 1. The van der Waals surface area contributed by atoms with Crippen LogP contribution in [0.1, 0.15) is 0 Å². The van der Waals surface area contributed by atoms with Gasteiger partial charge in [0.15, 0.2) is 0 Å². The van der Waals surface area contributed by atoms with Gasteiger partial charge < -0.3 is 14.9 Å². The molecular weight excluding hydrogens is 262 g/mol. The van der Waals surface area contributed by atoms with Crippen molar-refractivity contribution in [2.24, 2.45) is 0 Å². The standard InChI is InChI=1S/C13H17N3O2S/c1-15(2)6-7-16(9-12(17)18)13-10-4-8-19-11(10)3-5-14-13/h3-5,8H,6-7,9H2,1-2H3,(H,17,18). The Labute approximate surface area is 116 Å². The van der Waals surface area contributed by atoms with E-state index in [1.165, 1.54) is 0 Å². The summed E-state index contributed by atoms with van der Waals surface area (Å²) >= 11 is 1.64. The summed E-state index contributed by atoms with van der Waals surface area (Å²) < 4.78 is 1.13. The second-order valence-corrected chi connectivity index (χ2v) is 5.53. The molecule has 0 aliphatic rings. The van der Waals surface area contributed by atoms with Gasteiger partial charge in [0.05, 0.1) is 0 Å². The Morgan fingerprint density at radius 3 is 2.84 bits per heavy atom. The van der Waals surface area contributed by atoms with Crippen LogP contribution in [-0.2, 0) is 4.79 Å². The van der Waals surface area contributed by atoms with Crippen molar-refractivity contribution in [1.82, 2.24) is 9.88 Å². The maximum atomic E-state index is 11.0. The second kappa shape index (κ2) is 5.99. The third-order valence-electron chi connectivity index (χ3n) is 2.80. The van der Waals surface area contributed by atoms with Crippen LogP contribution in [0.15, 0.2) is 23.7 Å². The lowest BCUT2D eigenvalue weighted by molar-refractivity contribution is -0.135. The highest BCUT2D eigenvalue weighted by Gasteiger charge is 2.15. The summed E-state index contributed by atoms with van der Waals surface area (Å²) in [5.41, 5.74) is 0. The van der Waals surface area contributed by atoms with Crippen LogP contribution in [0, 0.1) is 0 Å². The van der Waals surface area contributed by atoms with Crippen molar-refractivity contribution in [3.63, 3.8) is 0 Å². The Bertz CT molecular complexity index is 568. The van der Waals surface area contributed by atoms with Crippen molar-refractivity contribution in [2.45, 2.75) is 0 Å². The molecule has 2 aromatic rings. The molecule has 0 fully saturated rings. The van der Waals surface area contributed by atoms with Gasteiger partial charge in [-0.25, -0.2) is 4.98 Å². The normalized spacial score (nSPS) is 11.1. The number of nitrogens with zero attached hydrogens (tertiary/aromatic N) is 3. The largest absolute Gasteiger partial charge is 0.480 e. The SMILES string of the molecule is CN(C)CCN(CC(=O)O)c1nccc2sccc12. The molecule has 6 heteroatoms. The predicted molar refractivity (Wildman–Crippen MR) is 78.0 cm³/mol. The maximum Gasteiger partial charge on any atom is 0.323 e. The minimum Gasteiger partial charge on any atom is -0.480 e. The van der Waals surface area contributed by atoms with Gasteiger partial charge in [-0.2, -0.15) is 0 Å². The van der Waals surface area contributed by atoms with Gasteiger partial charge in [-0.3, -0.25) is 4.79 Å². The van der Waals surface area contributed by atoms with Crippen LogP contribution in [0.5, 0.6) is 0 Å². The Morgan fingerprint density at radius 2 is 2.16 bits per heavy atom. The minimum atomic E-state index is -0.840. The van der Waals surface area contributed by atoms with E-state index in [2.05, 4.69) is 4.98 Å². The molecule has 0 radical (unpaired) electrons. The van der Waals surface area contributed by atoms with Crippen LogP contribution in [0.25, 0.3) is 10.1 Å². The maximum absolute atomic E-state index is 11.0. The van der Waals surface area contributed by atoms with E-state index in [-0.39, 0.29) is 6.54 Å². The van der Waals surface area contributed by atoms with Crippen molar-refractivity contribution in [1.29, 1.82) is 0 Å². The summed E-state index contributed by atoms with van der Waals surface area (Å²) in [6, 6.07) is 3.95. The topological polar surface area (TPSA) is 56.7 Å². The fourth-order valence-electron chi connectivity index (χ4n) is 1.88. The average molecular weight is 279 g/mol. The average Bonchev–Trinajstić information content (AvgIpc) is 2.81. The van der Waals surface area contributed by atoms with Crippen LogP contribution in [-0.4, -0.2) is 54.7 Å². The Hall–Kier alpha value is -1.66. The van der Waals surface area contributed by atoms with Crippen LogP contribution >= 0.6 is 11.3 Å². The molecule has 0 aliphatic heterocycles. The van der Waals surface area contributed by atoms with E-state index in [0.29, 0.717) is 6.54 Å². The van der Waals surface area contributed by atoms with Gasteiger partial charge in [-0.05, 0) is 31.6 Å². The first-order valence-electron chi connectivity index (χ1n) is 6.01. The molecule has 19 heavy (non-hydrogen) atoms. The quantitative estimate of drug-likeness (QED) is 0.873. The zero-order chi connectivity index (χ0) is 13.8. The van der Waals surface area contributed by atoms with Crippen molar-refractivity contribution in [3.05, 3.63) is 23.7 Å². The lowest BCUT2D eigenvalue weighted by Crippen LogP contribution is -2.36. The Balaban J connectivity index is 2.30. The van der Waals surface area contributed by atoms with Crippen molar-refractivity contribution < 1.29 is 9.90 Å². The molecule has 0 saturated carbocycles. The monoisotopic (exact) mass is 279 g/mol. The van der Waals surface area contributed by atoms with E-state index in [1.54, 1.807) is 17.5 Å². The Morgan fingerprint density at radius 1 is 1.37 bits per heavy atom. The minimum absolute atomic E-state index is 0.0319. The molecule has 0 aliphatic carbocycles. The van der Waals surface area contributed by atoms with Crippen LogP contribution in [0.2, 0.25) is 0 Å². The molecule has 2 aromatic heterocycles. The fourth-order valence-corrected chi connectivity index (χ4v) is 2.65. The summed E-state index contributed by atoms with van der Waals surface area (Å²) in [7, 11) is 3.94. The number of carboxylic acid groups (broad SMARTS) is 1. The van der Waals surface area contributed by atoms with Crippen LogP contribution in [0.4, 0.5) is 5.82 Å². The molecule has 5 nitrogen and oxygen atoms in total. The van der Waals surface area contributed by atoms with Crippen molar-refractivity contribution >= 4 is 33.2 Å². The van der Waals surface area contributed by atoms with Gasteiger partial charge in [-0.15, -0.1) is 11.3 Å². The zero-order valence-electron chi connectivity index (χ0n) is 11.0. The van der Waals surface area contributed by atoms with Gasteiger partial charge in [0.25, 0.3) is 0 Å². The van der Waals surface area contributed by atoms with Crippen LogP contribution in [0.3, 0.4) is 0 Å². The first-order valence-corrected chi connectivity index (χ1v) is 6.89. The lowest BCUT2D eigenvalue weighted by Gasteiger charge is -2.24. The summed E-state index contributed by atoms with van der Waals surface area (Å²) in [5.74, 6) is -0.0872. The molecule has 0 bridgehead atoms. The molecule has 0 amide bonds. The number of hydrogen-bond acceptors (Lipinski definition) is 5. The summed E-state index contributed by atoms with van der Waals surface area (Å²) in [5, 5.41) is 12.1. The van der Waals surface area contributed by atoms with Crippen molar-refractivity contribution in [2.75, 3.05) is 38.6 Å². The molecule has 0 aromatic carbocycles. The third kappa shape index (κ3) is 3.42. The van der Waals surface area contributed by atoms with E-state index < -0.39 is 5.97 Å². The summed E-state index contributed by atoms with van der Waals surface area (Å²) in [4.78, 5) is 19.2. The molecule has 0 spiro atoms. The Kier molecular flexibility index (Phi) is 4.34. The second-order valence-electron chi connectivity index (χ2n) is 4.59. The van der Waals surface area contributed by atoms with E-state index in [4.69, 9.17) is 5.11 Å². The third-order valence-corrected chi connectivity index (χ3v) is 3.68. The van der Waals surface area contributed by atoms with Gasteiger partial charge in [-0.1, -0.05) is 0 Å². The molecule has 1 N–H and O–H groups in total. The van der Waals surface area contributed by atoms with E-state index >= 15 is 0 Å². The number of carboxylic acids is 1. The zero-order valence-corrected chi connectivity index (χ0v) is 11.9. The van der Waals surface area contributed by atoms with E-state index in [1.807, 2.05) is 41.4 Å². The molecule has 102 valence electrons. The number of pyridine rings is 1. The number of carbonyl (C=O) groups is 1. The number of thiophene rings is 1. The lowest BCUT2D eigenvalue weighted by atomic mass is 10.3. The number of fused-ring (bicyclic) bond motifs is 1. The molecule has 0 unspecified atom stereocenters. The summed E-state index contributed by atoms with van der Waals surface area (Å²) in [6.07, 6.45) is 1.73. The molecule has 0 saturated heterocycles. The molecular formula is C13H17N3O2S. The fraction of sp³-hybridized carbons (Fsp3) is 0.385. The van der Waals surface area contributed by atoms with Gasteiger partial charge in [0.1, 0.15) is 12.4 Å². The number of hydrogen-bond donors (Lipinski definition) is 1. The van der Waals surface area contributed by atoms with Gasteiger partial charge in [0, 0.05) is 29.4 Å². The van der Waals surface area contributed by atoms with Gasteiger partial charge in [0.2, 0.25) is 0 Å². The number of anilines is 1. The van der Waals surface area contributed by atoms with Crippen LogP contribution < -0.4 is 4.90 Å². The highest BCUT2D eigenvalue weighted by Crippen LogP contribution is 2.28. The molecule has 2 rings (SSSR count). The first kappa shape index (κ1) is 13.8. The predicted octanol–water partition coefficient (Wildman–Crippen LogP) is 1.75. The first-order chi connectivity index (χ1) is 9.08. The molecule has 2 heterocycles. The van der Waals surface area contributed by atoms with E-state index in [9.17, 15) is 4.79 Å². The molecule has 0 atom stereocenters. The number of likely N-dealkylation sites (N-methyl/N-ethyl adjacent to an activating group) is 1.